The number of rotatable bonds is 0. The van der Waals surface area contributed by atoms with Gasteiger partial charge in [0.05, 0.1) is 0 Å². The molecule has 2 rings (SSSR count). The predicted molar refractivity (Wildman–Crippen MR) is 43.1 cm³/mol. The Hall–Kier alpha value is -1.23. The van der Waals surface area contributed by atoms with E-state index in [0.717, 1.165) is 24.5 Å². The molecule has 0 atom stereocenters. The van der Waals surface area contributed by atoms with Gasteiger partial charge in [-0.15, -0.1) is 6.42 Å². The number of terminal acetylenes is 1. The lowest BCUT2D eigenvalue weighted by Gasteiger charge is -2.11. The molecule has 0 amide bonds. The van der Waals surface area contributed by atoms with Crippen LogP contribution in [0.25, 0.3) is 0 Å². The van der Waals surface area contributed by atoms with Crippen LogP contribution in [0.15, 0.2) is 6.20 Å². The van der Waals surface area contributed by atoms with E-state index < -0.39 is 0 Å². The van der Waals surface area contributed by atoms with E-state index in [9.17, 15) is 0 Å². The minimum Gasteiger partial charge on any atom is -0.334 e. The van der Waals surface area contributed by atoms with Gasteiger partial charge in [0.25, 0.3) is 0 Å². The van der Waals surface area contributed by atoms with Gasteiger partial charge in [-0.1, -0.05) is 0 Å². The highest BCUT2D eigenvalue weighted by molar-refractivity contribution is 5.23. The van der Waals surface area contributed by atoms with E-state index in [1.165, 1.54) is 12.8 Å². The lowest BCUT2D eigenvalue weighted by Crippen LogP contribution is -2.08. The maximum absolute atomic E-state index is 5.24. The van der Waals surface area contributed by atoms with Gasteiger partial charge in [0, 0.05) is 19.2 Å². The average molecular weight is 146 g/mol. The summed E-state index contributed by atoms with van der Waals surface area (Å²) in [6.45, 7) is 1.09. The molecule has 1 aliphatic rings. The van der Waals surface area contributed by atoms with Crippen molar-refractivity contribution >= 4 is 0 Å². The van der Waals surface area contributed by atoms with Gasteiger partial charge in [-0.05, 0) is 18.8 Å². The van der Waals surface area contributed by atoms with E-state index in [0.29, 0.717) is 0 Å². The molecule has 2 heterocycles. The molecule has 0 bridgehead atoms. The number of imidazole rings is 1. The smallest absolute Gasteiger partial charge is 0.131 e. The molecule has 1 aromatic heterocycles. The zero-order valence-electron chi connectivity index (χ0n) is 6.38. The molecule has 1 aliphatic heterocycles. The maximum Gasteiger partial charge on any atom is 0.131 e. The molecular formula is C9H10N2. The van der Waals surface area contributed by atoms with Gasteiger partial charge in [0.2, 0.25) is 0 Å². The lowest BCUT2D eigenvalue weighted by atomic mass is 10.2. The first-order chi connectivity index (χ1) is 5.40. The van der Waals surface area contributed by atoms with E-state index in [1.807, 2.05) is 6.20 Å². The van der Waals surface area contributed by atoms with Crippen LogP contribution in [0.3, 0.4) is 0 Å². The van der Waals surface area contributed by atoms with Crippen LogP contribution >= 0.6 is 0 Å². The lowest BCUT2D eigenvalue weighted by molar-refractivity contribution is 0.522. The second kappa shape index (κ2) is 2.43. The van der Waals surface area contributed by atoms with Crippen LogP contribution in [-0.4, -0.2) is 9.55 Å². The van der Waals surface area contributed by atoms with Crippen LogP contribution in [0.4, 0.5) is 0 Å². The third-order valence-electron chi connectivity index (χ3n) is 2.06. The molecule has 0 unspecified atom stereocenters. The molecule has 0 aromatic carbocycles. The summed E-state index contributed by atoms with van der Waals surface area (Å²) < 4.78 is 2.17. The van der Waals surface area contributed by atoms with Gasteiger partial charge in [-0.2, -0.15) is 0 Å². The van der Waals surface area contributed by atoms with Crippen molar-refractivity contribution in [1.29, 1.82) is 0 Å². The molecule has 2 heteroatoms. The van der Waals surface area contributed by atoms with Crippen molar-refractivity contribution in [1.82, 2.24) is 9.55 Å². The van der Waals surface area contributed by atoms with E-state index >= 15 is 0 Å². The number of nitrogens with zero attached hydrogens (tertiary/aromatic N) is 2. The summed E-state index contributed by atoms with van der Waals surface area (Å²) in [6, 6.07) is 0. The second-order valence-electron chi connectivity index (χ2n) is 2.84. The van der Waals surface area contributed by atoms with Crippen LogP contribution in [0.5, 0.6) is 0 Å². The molecule has 0 radical (unpaired) electrons. The van der Waals surface area contributed by atoms with Gasteiger partial charge < -0.3 is 4.57 Å². The summed E-state index contributed by atoms with van der Waals surface area (Å²) in [5.41, 5.74) is 0.780. The van der Waals surface area contributed by atoms with Crippen LogP contribution < -0.4 is 0 Å². The molecule has 1 aromatic rings. The van der Waals surface area contributed by atoms with Crippen LogP contribution in [-0.2, 0) is 13.0 Å². The van der Waals surface area contributed by atoms with Gasteiger partial charge in [0.15, 0.2) is 0 Å². The number of fused-ring (bicyclic) bond motifs is 1. The van der Waals surface area contributed by atoms with Crippen LogP contribution in [0.2, 0.25) is 0 Å². The van der Waals surface area contributed by atoms with E-state index in [4.69, 9.17) is 6.42 Å². The van der Waals surface area contributed by atoms with Crippen LogP contribution in [0.1, 0.15) is 24.4 Å². The van der Waals surface area contributed by atoms with Crippen molar-refractivity contribution < 1.29 is 0 Å². The monoisotopic (exact) mass is 146 g/mol. The third-order valence-corrected chi connectivity index (χ3v) is 2.06. The predicted octanol–water partition coefficient (Wildman–Crippen LogP) is 1.20. The summed E-state index contributed by atoms with van der Waals surface area (Å²) in [5, 5.41) is 0. The SMILES string of the molecule is C#Cc1cn2c(n1)CCCC2. The number of hydrogen-bond donors (Lipinski definition) is 0. The Kier molecular flexibility index (Phi) is 1.43. The van der Waals surface area contributed by atoms with Gasteiger partial charge in [-0.25, -0.2) is 4.98 Å². The van der Waals surface area contributed by atoms with Gasteiger partial charge >= 0.3 is 0 Å². The van der Waals surface area contributed by atoms with Crippen molar-refractivity contribution in [2.75, 3.05) is 0 Å². The highest BCUT2D eigenvalue weighted by atomic mass is 15.1. The second-order valence-corrected chi connectivity index (χ2v) is 2.84. The molecule has 56 valence electrons. The molecule has 0 saturated carbocycles. The Morgan fingerprint density at radius 1 is 1.55 bits per heavy atom. The number of aromatic nitrogens is 2. The Morgan fingerprint density at radius 3 is 3.18 bits per heavy atom. The normalized spacial score (nSPS) is 15.5. The van der Waals surface area contributed by atoms with E-state index in [2.05, 4.69) is 15.5 Å². The number of hydrogen-bond acceptors (Lipinski definition) is 1. The standard InChI is InChI=1S/C9H10N2/c1-2-8-7-11-6-4-3-5-9(11)10-8/h1,7H,3-6H2. The molecule has 2 nitrogen and oxygen atoms in total. The first kappa shape index (κ1) is 6.48. The fourth-order valence-corrected chi connectivity index (χ4v) is 1.48. The van der Waals surface area contributed by atoms with Gasteiger partial charge in [0.1, 0.15) is 11.5 Å². The fraction of sp³-hybridized carbons (Fsp3) is 0.444. The third kappa shape index (κ3) is 1.03. The molecule has 11 heavy (non-hydrogen) atoms. The summed E-state index contributed by atoms with van der Waals surface area (Å²) in [4.78, 5) is 4.30. The molecule has 0 N–H and O–H groups in total. The Balaban J connectivity index is 2.42. The summed E-state index contributed by atoms with van der Waals surface area (Å²) in [6.07, 6.45) is 10.8. The molecule has 0 spiro atoms. The number of aryl methyl sites for hydroxylation is 2. The summed E-state index contributed by atoms with van der Waals surface area (Å²) >= 11 is 0. The van der Waals surface area contributed by atoms with Crippen molar-refractivity contribution in [3.8, 4) is 12.3 Å². The Labute approximate surface area is 66.3 Å². The van der Waals surface area contributed by atoms with Crippen LogP contribution in [0, 0.1) is 12.3 Å². The van der Waals surface area contributed by atoms with Crippen molar-refractivity contribution in [2.24, 2.45) is 0 Å². The first-order valence-corrected chi connectivity index (χ1v) is 3.93. The zero-order chi connectivity index (χ0) is 7.68. The highest BCUT2D eigenvalue weighted by Crippen LogP contribution is 2.13. The molecule has 0 aliphatic carbocycles. The average Bonchev–Trinajstić information content (AvgIpc) is 2.46. The zero-order valence-corrected chi connectivity index (χ0v) is 6.38. The van der Waals surface area contributed by atoms with Gasteiger partial charge in [-0.3, -0.25) is 0 Å². The largest absolute Gasteiger partial charge is 0.334 e. The molecule has 0 saturated heterocycles. The maximum atomic E-state index is 5.24. The van der Waals surface area contributed by atoms with E-state index in [1.54, 1.807) is 0 Å². The van der Waals surface area contributed by atoms with E-state index in [-0.39, 0.29) is 0 Å². The first-order valence-electron chi connectivity index (χ1n) is 3.93. The quantitative estimate of drug-likeness (QED) is 0.503. The minimum absolute atomic E-state index is 0.780. The highest BCUT2D eigenvalue weighted by Gasteiger charge is 2.10. The Bertz CT molecular complexity index is 280. The summed E-state index contributed by atoms with van der Waals surface area (Å²) in [7, 11) is 0. The van der Waals surface area contributed by atoms with Crippen molar-refractivity contribution in [3.63, 3.8) is 0 Å². The summed E-state index contributed by atoms with van der Waals surface area (Å²) in [5.74, 6) is 3.71. The molecule has 0 fully saturated rings. The minimum atomic E-state index is 0.780. The molecular weight excluding hydrogens is 136 g/mol. The Morgan fingerprint density at radius 2 is 2.45 bits per heavy atom. The van der Waals surface area contributed by atoms with Crippen molar-refractivity contribution in [3.05, 3.63) is 17.7 Å². The van der Waals surface area contributed by atoms with Crippen molar-refractivity contribution in [2.45, 2.75) is 25.8 Å². The fourth-order valence-electron chi connectivity index (χ4n) is 1.48. The topological polar surface area (TPSA) is 17.8 Å².